The lowest BCUT2D eigenvalue weighted by molar-refractivity contribution is 0.102. The van der Waals surface area contributed by atoms with Crippen LogP contribution in [0.1, 0.15) is 30.2 Å². The Morgan fingerprint density at radius 1 is 1.32 bits per heavy atom. The number of amides is 1. The molecule has 0 saturated heterocycles. The molecule has 130 valence electrons. The standard InChI is InChI=1S/C17H20N6O2/c1-11(2)23-10-18-8-14(23)13-6-5-7-15(19-13)20-16(24)12-9-22(3)21-17(12)25-4/h5-11H,1-4H3,(H,19,20,24). The fourth-order valence-corrected chi connectivity index (χ4v) is 2.52. The van der Waals surface area contributed by atoms with Crippen LogP contribution >= 0.6 is 0 Å². The lowest BCUT2D eigenvalue weighted by Gasteiger charge is -2.12. The number of hydrogen-bond acceptors (Lipinski definition) is 5. The second-order valence-electron chi connectivity index (χ2n) is 5.87. The van der Waals surface area contributed by atoms with Gasteiger partial charge in [0.15, 0.2) is 0 Å². The third-order valence-electron chi connectivity index (χ3n) is 3.71. The first kappa shape index (κ1) is 16.7. The van der Waals surface area contributed by atoms with Gasteiger partial charge in [-0.15, -0.1) is 5.10 Å². The molecule has 0 aliphatic carbocycles. The number of hydrogen-bond donors (Lipinski definition) is 1. The topological polar surface area (TPSA) is 86.9 Å². The van der Waals surface area contributed by atoms with Crippen LogP contribution in [-0.4, -0.2) is 37.3 Å². The lowest BCUT2D eigenvalue weighted by atomic mass is 10.2. The van der Waals surface area contributed by atoms with Crippen molar-refractivity contribution < 1.29 is 9.53 Å². The first-order valence-electron chi connectivity index (χ1n) is 7.88. The van der Waals surface area contributed by atoms with E-state index in [1.807, 2.05) is 16.7 Å². The highest BCUT2D eigenvalue weighted by Gasteiger charge is 2.17. The zero-order valence-corrected chi connectivity index (χ0v) is 14.6. The fraction of sp³-hybridized carbons (Fsp3) is 0.294. The van der Waals surface area contributed by atoms with Gasteiger partial charge >= 0.3 is 0 Å². The highest BCUT2D eigenvalue weighted by molar-refractivity contribution is 6.05. The van der Waals surface area contributed by atoms with Gasteiger partial charge in [0.2, 0.25) is 5.88 Å². The number of carbonyl (C=O) groups excluding carboxylic acids is 1. The van der Waals surface area contributed by atoms with E-state index in [4.69, 9.17) is 4.74 Å². The van der Waals surface area contributed by atoms with E-state index in [0.717, 1.165) is 11.4 Å². The van der Waals surface area contributed by atoms with Gasteiger partial charge in [-0.25, -0.2) is 9.97 Å². The Balaban J connectivity index is 1.87. The summed E-state index contributed by atoms with van der Waals surface area (Å²) < 4.78 is 8.68. The molecular formula is C17H20N6O2. The average molecular weight is 340 g/mol. The third-order valence-corrected chi connectivity index (χ3v) is 3.71. The fourth-order valence-electron chi connectivity index (χ4n) is 2.52. The first-order valence-corrected chi connectivity index (χ1v) is 7.88. The van der Waals surface area contributed by atoms with E-state index in [1.54, 1.807) is 31.8 Å². The Bertz CT molecular complexity index is 896. The maximum Gasteiger partial charge on any atom is 0.263 e. The van der Waals surface area contributed by atoms with Gasteiger partial charge in [0, 0.05) is 19.3 Å². The molecule has 0 unspecified atom stereocenters. The minimum absolute atomic E-state index is 0.261. The minimum atomic E-state index is -0.327. The molecule has 0 aliphatic rings. The van der Waals surface area contributed by atoms with Crippen LogP contribution in [-0.2, 0) is 7.05 Å². The number of aromatic nitrogens is 5. The number of nitrogens with one attached hydrogen (secondary N) is 1. The first-order chi connectivity index (χ1) is 12.0. The van der Waals surface area contributed by atoms with Crippen LogP contribution < -0.4 is 10.1 Å². The highest BCUT2D eigenvalue weighted by atomic mass is 16.5. The molecule has 0 spiro atoms. The molecule has 3 aromatic heterocycles. The van der Waals surface area contributed by atoms with Gasteiger partial charge in [0.05, 0.1) is 31.0 Å². The number of rotatable bonds is 5. The Kier molecular flexibility index (Phi) is 4.51. The largest absolute Gasteiger partial charge is 0.479 e. The summed E-state index contributed by atoms with van der Waals surface area (Å²) in [5.41, 5.74) is 1.98. The van der Waals surface area contributed by atoms with E-state index in [-0.39, 0.29) is 17.8 Å². The van der Waals surface area contributed by atoms with Crippen molar-refractivity contribution in [3.8, 4) is 17.3 Å². The predicted octanol–water partition coefficient (Wildman–Crippen LogP) is 2.52. The Hall–Kier alpha value is -3.16. The van der Waals surface area contributed by atoms with Gasteiger partial charge in [-0.2, -0.15) is 0 Å². The number of anilines is 1. The molecule has 0 aromatic carbocycles. The van der Waals surface area contributed by atoms with Crippen LogP contribution in [0, 0.1) is 0 Å². The molecule has 0 bridgehead atoms. The van der Waals surface area contributed by atoms with Crippen LogP contribution in [0.2, 0.25) is 0 Å². The van der Waals surface area contributed by atoms with Crippen LogP contribution in [0.5, 0.6) is 5.88 Å². The predicted molar refractivity (Wildman–Crippen MR) is 93.6 cm³/mol. The zero-order valence-electron chi connectivity index (χ0n) is 14.6. The molecule has 1 N–H and O–H groups in total. The molecule has 8 nitrogen and oxygen atoms in total. The Morgan fingerprint density at radius 2 is 2.12 bits per heavy atom. The molecule has 1 amide bonds. The number of nitrogens with zero attached hydrogens (tertiary/aromatic N) is 5. The normalized spacial score (nSPS) is 10.9. The van der Waals surface area contributed by atoms with E-state index in [9.17, 15) is 4.79 Å². The smallest absolute Gasteiger partial charge is 0.263 e. The van der Waals surface area contributed by atoms with Gasteiger partial charge in [0.1, 0.15) is 11.4 Å². The van der Waals surface area contributed by atoms with Crippen molar-refractivity contribution in [2.24, 2.45) is 7.05 Å². The summed E-state index contributed by atoms with van der Waals surface area (Å²) in [7, 11) is 3.20. The lowest BCUT2D eigenvalue weighted by Crippen LogP contribution is -2.13. The molecule has 0 aliphatic heterocycles. The molecule has 0 radical (unpaired) electrons. The Morgan fingerprint density at radius 3 is 2.84 bits per heavy atom. The molecule has 8 heteroatoms. The number of imidazole rings is 1. The van der Waals surface area contributed by atoms with Crippen molar-refractivity contribution >= 4 is 11.7 Å². The van der Waals surface area contributed by atoms with Crippen LogP contribution in [0.4, 0.5) is 5.82 Å². The molecule has 25 heavy (non-hydrogen) atoms. The molecule has 0 saturated carbocycles. The summed E-state index contributed by atoms with van der Waals surface area (Å²) in [6, 6.07) is 5.73. The maximum absolute atomic E-state index is 12.5. The van der Waals surface area contributed by atoms with Gasteiger partial charge in [-0.1, -0.05) is 6.07 Å². The molecule has 3 rings (SSSR count). The second kappa shape index (κ2) is 6.76. The van der Waals surface area contributed by atoms with Crippen molar-refractivity contribution in [1.29, 1.82) is 0 Å². The Labute approximate surface area is 145 Å². The molecule has 0 atom stereocenters. The quantitative estimate of drug-likeness (QED) is 0.771. The summed E-state index contributed by atoms with van der Waals surface area (Å²) >= 11 is 0. The summed E-state index contributed by atoms with van der Waals surface area (Å²) in [6.07, 6.45) is 5.14. The van der Waals surface area contributed by atoms with E-state index in [0.29, 0.717) is 11.4 Å². The zero-order chi connectivity index (χ0) is 18.0. The third kappa shape index (κ3) is 3.37. The van der Waals surface area contributed by atoms with Crippen molar-refractivity contribution in [3.05, 3.63) is 42.5 Å². The molecule has 3 aromatic rings. The van der Waals surface area contributed by atoms with Gasteiger partial charge in [-0.05, 0) is 26.0 Å². The molecular weight excluding hydrogens is 320 g/mol. The highest BCUT2D eigenvalue weighted by Crippen LogP contribution is 2.22. The molecule has 0 fully saturated rings. The van der Waals surface area contributed by atoms with Crippen molar-refractivity contribution in [2.45, 2.75) is 19.9 Å². The van der Waals surface area contributed by atoms with Crippen LogP contribution in [0.3, 0.4) is 0 Å². The van der Waals surface area contributed by atoms with Crippen molar-refractivity contribution in [3.63, 3.8) is 0 Å². The second-order valence-corrected chi connectivity index (χ2v) is 5.87. The van der Waals surface area contributed by atoms with E-state index in [1.165, 1.54) is 11.8 Å². The van der Waals surface area contributed by atoms with E-state index in [2.05, 4.69) is 34.2 Å². The van der Waals surface area contributed by atoms with E-state index < -0.39 is 0 Å². The summed E-state index contributed by atoms with van der Waals surface area (Å²) in [5, 5.41) is 6.87. The summed E-state index contributed by atoms with van der Waals surface area (Å²) in [4.78, 5) is 21.2. The SMILES string of the molecule is COc1nn(C)cc1C(=O)Nc1cccc(-c2cncn2C(C)C)n1. The maximum atomic E-state index is 12.5. The summed E-state index contributed by atoms with van der Waals surface area (Å²) in [5.74, 6) is 0.394. The molecule has 3 heterocycles. The van der Waals surface area contributed by atoms with Crippen LogP contribution in [0.25, 0.3) is 11.4 Å². The van der Waals surface area contributed by atoms with Crippen molar-refractivity contribution in [2.75, 3.05) is 12.4 Å². The number of pyridine rings is 1. The monoisotopic (exact) mass is 340 g/mol. The number of methoxy groups -OCH3 is 1. The van der Waals surface area contributed by atoms with Crippen molar-refractivity contribution in [1.82, 2.24) is 24.3 Å². The minimum Gasteiger partial charge on any atom is -0.479 e. The number of aryl methyl sites for hydroxylation is 1. The van der Waals surface area contributed by atoms with Crippen LogP contribution in [0.15, 0.2) is 36.9 Å². The van der Waals surface area contributed by atoms with E-state index >= 15 is 0 Å². The van der Waals surface area contributed by atoms with Gasteiger partial charge < -0.3 is 14.6 Å². The number of ether oxygens (including phenoxy) is 1. The average Bonchev–Trinajstić information content (AvgIpc) is 3.21. The van der Waals surface area contributed by atoms with Gasteiger partial charge in [0.25, 0.3) is 5.91 Å². The summed E-state index contributed by atoms with van der Waals surface area (Å²) in [6.45, 7) is 4.15. The van der Waals surface area contributed by atoms with Gasteiger partial charge in [-0.3, -0.25) is 9.48 Å². The number of carbonyl (C=O) groups is 1.